The van der Waals surface area contributed by atoms with E-state index in [2.05, 4.69) is 52.2 Å². The first-order valence-electron chi connectivity index (χ1n) is 5.30. The Morgan fingerprint density at radius 3 is 2.07 bits per heavy atom. The molecular formula is C13H21N. The molecule has 0 saturated carbocycles. The van der Waals surface area contributed by atoms with Crippen LogP contribution in [0.25, 0.3) is 0 Å². The van der Waals surface area contributed by atoms with Crippen LogP contribution in [0.5, 0.6) is 0 Å². The molecule has 0 bridgehead atoms. The molecule has 0 fully saturated rings. The van der Waals surface area contributed by atoms with Gasteiger partial charge in [0, 0.05) is 12.6 Å². The second-order valence-corrected chi connectivity index (χ2v) is 4.55. The highest BCUT2D eigenvalue weighted by Crippen LogP contribution is 2.09. The summed E-state index contributed by atoms with van der Waals surface area (Å²) in [6.07, 6.45) is 1.17. The molecule has 14 heavy (non-hydrogen) atoms. The highest BCUT2D eigenvalue weighted by atomic mass is 15.0. The van der Waals surface area contributed by atoms with Crippen molar-refractivity contribution in [3.05, 3.63) is 42.4 Å². The maximum Gasteiger partial charge on any atom is 0.0785 e. The second kappa shape index (κ2) is 5.16. The van der Waals surface area contributed by atoms with Gasteiger partial charge in [-0.25, -0.2) is 0 Å². The summed E-state index contributed by atoms with van der Waals surface area (Å²) in [5, 5.41) is 0. The molecule has 1 heteroatoms. The van der Waals surface area contributed by atoms with Gasteiger partial charge in [-0.05, 0) is 17.9 Å². The van der Waals surface area contributed by atoms with Crippen molar-refractivity contribution in [3.8, 4) is 0 Å². The van der Waals surface area contributed by atoms with E-state index in [1.165, 1.54) is 22.4 Å². The molecule has 0 saturated heterocycles. The Morgan fingerprint density at radius 1 is 1.14 bits per heavy atom. The quantitative estimate of drug-likeness (QED) is 0.691. The Hall–Kier alpha value is -0.820. The lowest BCUT2D eigenvalue weighted by Gasteiger charge is -2.14. The smallest absolute Gasteiger partial charge is 0.0785 e. The molecule has 1 unspecified atom stereocenters. The summed E-state index contributed by atoms with van der Waals surface area (Å²) < 4.78 is 0. The minimum absolute atomic E-state index is 0.738. The number of nitrogens with one attached hydrogen (secondary N) is 1. The molecule has 0 aromatic heterocycles. The molecule has 1 N–H and O–H groups in total. The van der Waals surface area contributed by atoms with E-state index >= 15 is 0 Å². The van der Waals surface area contributed by atoms with E-state index in [9.17, 15) is 0 Å². The molecule has 78 valence electrons. The van der Waals surface area contributed by atoms with Crippen LogP contribution in [0.4, 0.5) is 0 Å². The van der Waals surface area contributed by atoms with Gasteiger partial charge >= 0.3 is 0 Å². The summed E-state index contributed by atoms with van der Waals surface area (Å²) in [7, 11) is 5.99. The zero-order valence-corrected chi connectivity index (χ0v) is 9.51. The van der Waals surface area contributed by atoms with Crippen LogP contribution in [-0.4, -0.2) is 7.05 Å². The number of hydrogen-bond acceptors (Lipinski definition) is 0. The third kappa shape index (κ3) is 3.93. The predicted octanol–water partition coefficient (Wildman–Crippen LogP) is 1.69. The highest BCUT2D eigenvalue weighted by molar-refractivity contribution is 5.22. The first kappa shape index (κ1) is 11.3. The zero-order valence-electron chi connectivity index (χ0n) is 9.51. The fourth-order valence-corrected chi connectivity index (χ4v) is 1.61. The fourth-order valence-electron chi connectivity index (χ4n) is 1.61. The normalized spacial score (nSPS) is 13.2. The summed E-state index contributed by atoms with van der Waals surface area (Å²) in [5.74, 6) is 0.738. The lowest BCUT2D eigenvalue weighted by Crippen LogP contribution is -3.01. The first-order chi connectivity index (χ1) is 6.58. The van der Waals surface area contributed by atoms with Gasteiger partial charge in [0.05, 0.1) is 6.54 Å². The predicted molar refractivity (Wildman–Crippen MR) is 60.9 cm³/mol. The zero-order chi connectivity index (χ0) is 10.6. The third-order valence-corrected chi connectivity index (χ3v) is 2.17. The first-order valence-corrected chi connectivity index (χ1v) is 5.30. The van der Waals surface area contributed by atoms with Crippen molar-refractivity contribution < 1.29 is 4.90 Å². The van der Waals surface area contributed by atoms with Crippen molar-refractivity contribution in [2.45, 2.75) is 26.8 Å². The monoisotopic (exact) mass is 191 g/mol. The summed E-state index contributed by atoms with van der Waals surface area (Å²) in [6, 6.07) is 8.90. The van der Waals surface area contributed by atoms with E-state index in [4.69, 9.17) is 0 Å². The number of quaternary nitrogens is 1. The van der Waals surface area contributed by atoms with Crippen LogP contribution < -0.4 is 4.90 Å². The summed E-state index contributed by atoms with van der Waals surface area (Å²) >= 11 is 0. The molecular weight excluding hydrogens is 170 g/mol. The lowest BCUT2D eigenvalue weighted by atomic mass is 10.0. The summed E-state index contributed by atoms with van der Waals surface area (Å²) in [4.78, 5) is 1.22. The van der Waals surface area contributed by atoms with Crippen molar-refractivity contribution in [2.24, 2.45) is 5.92 Å². The molecule has 0 spiro atoms. The Labute approximate surface area is 87.7 Å². The van der Waals surface area contributed by atoms with Crippen LogP contribution in [0, 0.1) is 13.0 Å². The van der Waals surface area contributed by atoms with Crippen molar-refractivity contribution >= 4 is 0 Å². The molecule has 0 amide bonds. The Bertz CT molecular complexity index is 230. The summed E-state index contributed by atoms with van der Waals surface area (Å²) in [6.45, 7) is 5.51. The SMILES string of the molecule is [CH2-][NH+](C)Cc1ccc(CC(C)C)cc1. The van der Waals surface area contributed by atoms with Gasteiger partial charge in [0.15, 0.2) is 0 Å². The van der Waals surface area contributed by atoms with Crippen LogP contribution in [-0.2, 0) is 13.0 Å². The van der Waals surface area contributed by atoms with E-state index in [-0.39, 0.29) is 0 Å². The Morgan fingerprint density at radius 2 is 1.64 bits per heavy atom. The van der Waals surface area contributed by atoms with Crippen molar-refractivity contribution in [1.82, 2.24) is 0 Å². The lowest BCUT2D eigenvalue weighted by molar-refractivity contribution is -0.846. The van der Waals surface area contributed by atoms with Gasteiger partial charge in [-0.2, -0.15) is 7.05 Å². The number of rotatable bonds is 4. The molecule has 1 aromatic carbocycles. The van der Waals surface area contributed by atoms with Crippen molar-refractivity contribution in [1.29, 1.82) is 0 Å². The van der Waals surface area contributed by atoms with Crippen LogP contribution in [0.3, 0.4) is 0 Å². The highest BCUT2D eigenvalue weighted by Gasteiger charge is 1.98. The van der Waals surface area contributed by atoms with Gasteiger partial charge in [-0.1, -0.05) is 38.1 Å². The van der Waals surface area contributed by atoms with Gasteiger partial charge in [0.2, 0.25) is 0 Å². The Balaban J connectivity index is 2.59. The number of benzene rings is 1. The fraction of sp³-hybridized carbons (Fsp3) is 0.462. The van der Waals surface area contributed by atoms with E-state index in [0.717, 1.165) is 12.5 Å². The van der Waals surface area contributed by atoms with Gasteiger partial charge in [-0.3, -0.25) is 0 Å². The van der Waals surface area contributed by atoms with E-state index < -0.39 is 0 Å². The van der Waals surface area contributed by atoms with Gasteiger partial charge in [0.1, 0.15) is 0 Å². The molecule has 0 aliphatic rings. The molecule has 1 atom stereocenters. The molecule has 1 aromatic rings. The van der Waals surface area contributed by atoms with Gasteiger partial charge in [-0.15, -0.1) is 0 Å². The van der Waals surface area contributed by atoms with Crippen LogP contribution >= 0.6 is 0 Å². The maximum absolute atomic E-state index is 3.92. The molecule has 1 rings (SSSR count). The second-order valence-electron chi connectivity index (χ2n) is 4.55. The molecule has 0 aliphatic carbocycles. The standard InChI is InChI=1S/C13H21N/c1-11(2)9-12-5-7-13(8-6-12)10-14(3)4/h5-8,11,14H,3,9-10H2,1-2,4H3. The van der Waals surface area contributed by atoms with E-state index in [1.807, 2.05) is 0 Å². The molecule has 0 radical (unpaired) electrons. The molecule has 0 heterocycles. The third-order valence-electron chi connectivity index (χ3n) is 2.17. The van der Waals surface area contributed by atoms with Crippen molar-refractivity contribution in [2.75, 3.05) is 7.05 Å². The minimum atomic E-state index is 0.738. The Kier molecular flexibility index (Phi) is 4.15. The van der Waals surface area contributed by atoms with Crippen LogP contribution in [0.1, 0.15) is 25.0 Å². The van der Waals surface area contributed by atoms with Crippen molar-refractivity contribution in [3.63, 3.8) is 0 Å². The van der Waals surface area contributed by atoms with Gasteiger partial charge < -0.3 is 4.90 Å². The maximum atomic E-state index is 3.92. The van der Waals surface area contributed by atoms with Crippen LogP contribution in [0.2, 0.25) is 0 Å². The van der Waals surface area contributed by atoms with Gasteiger partial charge in [0.25, 0.3) is 0 Å². The topological polar surface area (TPSA) is 4.44 Å². The molecule has 1 nitrogen and oxygen atoms in total. The van der Waals surface area contributed by atoms with E-state index in [1.54, 1.807) is 0 Å². The largest absolute Gasteiger partial charge is 0.467 e. The van der Waals surface area contributed by atoms with E-state index in [0.29, 0.717) is 0 Å². The van der Waals surface area contributed by atoms with Crippen LogP contribution in [0.15, 0.2) is 24.3 Å². The minimum Gasteiger partial charge on any atom is -0.467 e. The summed E-state index contributed by atoms with van der Waals surface area (Å²) in [5.41, 5.74) is 2.80. The number of hydrogen-bond donors (Lipinski definition) is 1. The average molecular weight is 191 g/mol. The molecule has 0 aliphatic heterocycles. The average Bonchev–Trinajstić information content (AvgIpc) is 2.06.